The molecule has 0 saturated carbocycles. The Kier molecular flexibility index (Phi) is 4.90. The highest BCUT2D eigenvalue weighted by Gasteiger charge is 2.30. The number of hydrogen-bond donors (Lipinski definition) is 1. The Morgan fingerprint density at radius 3 is 2.52 bits per heavy atom. The number of fused-ring (bicyclic) bond motifs is 1. The first-order valence-electron chi connectivity index (χ1n) is 8.58. The van der Waals surface area contributed by atoms with E-state index in [1.165, 1.54) is 18.1 Å². The number of hydrogen-bond acceptors (Lipinski definition) is 4. The van der Waals surface area contributed by atoms with Gasteiger partial charge in [0.2, 0.25) is 0 Å². The van der Waals surface area contributed by atoms with Crippen LogP contribution in [0.3, 0.4) is 0 Å². The summed E-state index contributed by atoms with van der Waals surface area (Å²) in [6.07, 6.45) is 3.03. The molecular weight excluding hydrogens is 342 g/mol. The molecule has 0 aliphatic rings. The summed E-state index contributed by atoms with van der Waals surface area (Å²) in [5.74, 6) is -1.48. The van der Waals surface area contributed by atoms with Crippen LogP contribution in [-0.4, -0.2) is 38.9 Å². The van der Waals surface area contributed by atoms with Gasteiger partial charge in [0.1, 0.15) is 0 Å². The summed E-state index contributed by atoms with van der Waals surface area (Å²) in [4.78, 5) is 34.9. The van der Waals surface area contributed by atoms with Crippen molar-refractivity contribution < 1.29 is 14.7 Å². The molecule has 0 unspecified atom stereocenters. The monoisotopic (exact) mass is 363 g/mol. The fraction of sp³-hybridized carbons (Fsp3) is 0.238. The quantitative estimate of drug-likeness (QED) is 0.767. The van der Waals surface area contributed by atoms with Crippen LogP contribution in [0.4, 0.5) is 0 Å². The lowest BCUT2D eigenvalue weighted by Crippen LogP contribution is -2.36. The van der Waals surface area contributed by atoms with Crippen LogP contribution in [-0.2, 0) is 4.79 Å². The SMILES string of the molecule is Cc1cc(C)c2nc(C)cc(C(=O)N(C)[C@@H](C(=O)O)c3cccnc3)c2c1. The third-order valence-electron chi connectivity index (χ3n) is 4.55. The summed E-state index contributed by atoms with van der Waals surface area (Å²) in [7, 11) is 1.50. The zero-order chi connectivity index (χ0) is 19.7. The molecule has 6 heteroatoms. The van der Waals surface area contributed by atoms with E-state index in [1.807, 2.05) is 32.9 Å². The van der Waals surface area contributed by atoms with Gasteiger partial charge in [0.25, 0.3) is 5.91 Å². The summed E-state index contributed by atoms with van der Waals surface area (Å²) in [6.45, 7) is 5.74. The number of pyridine rings is 2. The molecule has 0 spiro atoms. The minimum Gasteiger partial charge on any atom is -0.479 e. The first-order chi connectivity index (χ1) is 12.8. The Bertz CT molecular complexity index is 1030. The molecule has 1 N–H and O–H groups in total. The summed E-state index contributed by atoms with van der Waals surface area (Å²) >= 11 is 0. The highest BCUT2D eigenvalue weighted by atomic mass is 16.4. The molecule has 138 valence electrons. The topological polar surface area (TPSA) is 83.4 Å². The smallest absolute Gasteiger partial charge is 0.331 e. The van der Waals surface area contributed by atoms with E-state index < -0.39 is 12.0 Å². The minimum atomic E-state index is -1.12. The van der Waals surface area contributed by atoms with E-state index in [9.17, 15) is 14.7 Å². The second-order valence-corrected chi connectivity index (χ2v) is 6.73. The predicted octanol–water partition coefficient (Wildman–Crippen LogP) is 3.45. The Hall–Kier alpha value is -3.28. The second-order valence-electron chi connectivity index (χ2n) is 6.73. The summed E-state index contributed by atoms with van der Waals surface area (Å²) in [5, 5.41) is 10.4. The van der Waals surface area contributed by atoms with E-state index in [0.717, 1.165) is 22.0 Å². The molecule has 1 atom stereocenters. The Balaban J connectivity index is 2.13. The highest BCUT2D eigenvalue weighted by molar-refractivity contribution is 6.07. The number of carbonyl (C=O) groups excluding carboxylic acids is 1. The van der Waals surface area contributed by atoms with Crippen molar-refractivity contribution in [3.63, 3.8) is 0 Å². The van der Waals surface area contributed by atoms with Gasteiger partial charge in [-0.3, -0.25) is 14.8 Å². The van der Waals surface area contributed by atoms with E-state index in [4.69, 9.17) is 0 Å². The standard InChI is InChI=1S/C21H21N3O3/c1-12-8-13(2)18-16(9-12)17(10-14(3)23-18)20(25)24(4)19(21(26)27)15-6-5-7-22-11-15/h5-11,19H,1-4H3,(H,26,27)/t19-/m1/s1. The fourth-order valence-corrected chi connectivity index (χ4v) is 3.36. The average Bonchev–Trinajstić information content (AvgIpc) is 2.62. The lowest BCUT2D eigenvalue weighted by atomic mass is 10.00. The summed E-state index contributed by atoms with van der Waals surface area (Å²) in [5.41, 5.74) is 4.35. The van der Waals surface area contributed by atoms with E-state index in [-0.39, 0.29) is 5.91 Å². The predicted molar refractivity (Wildman–Crippen MR) is 103 cm³/mol. The van der Waals surface area contributed by atoms with Crippen LogP contribution in [0.25, 0.3) is 10.9 Å². The van der Waals surface area contributed by atoms with Crippen molar-refractivity contribution in [3.05, 3.63) is 70.7 Å². The van der Waals surface area contributed by atoms with Crippen LogP contribution in [0.5, 0.6) is 0 Å². The molecule has 1 amide bonds. The van der Waals surface area contributed by atoms with Crippen molar-refractivity contribution in [1.29, 1.82) is 0 Å². The average molecular weight is 363 g/mol. The van der Waals surface area contributed by atoms with Gasteiger partial charge in [0, 0.05) is 36.1 Å². The summed E-state index contributed by atoms with van der Waals surface area (Å²) in [6, 6.07) is 7.82. The number of rotatable bonds is 4. The number of aryl methyl sites for hydroxylation is 3. The molecule has 2 heterocycles. The van der Waals surface area contributed by atoms with Crippen molar-refractivity contribution in [2.24, 2.45) is 0 Å². The van der Waals surface area contributed by atoms with E-state index in [2.05, 4.69) is 9.97 Å². The molecule has 2 aromatic heterocycles. The molecule has 0 radical (unpaired) electrons. The number of likely N-dealkylation sites (N-methyl/N-ethyl adjacent to an activating group) is 1. The molecule has 1 aromatic carbocycles. The third kappa shape index (κ3) is 3.51. The zero-order valence-electron chi connectivity index (χ0n) is 15.7. The van der Waals surface area contributed by atoms with Crippen molar-refractivity contribution in [2.45, 2.75) is 26.8 Å². The van der Waals surface area contributed by atoms with Gasteiger partial charge in [-0.1, -0.05) is 17.7 Å². The molecule has 0 saturated heterocycles. The number of aromatic nitrogens is 2. The molecule has 0 aliphatic heterocycles. The Morgan fingerprint density at radius 2 is 1.89 bits per heavy atom. The van der Waals surface area contributed by atoms with Gasteiger partial charge in [0.05, 0.1) is 11.1 Å². The number of aliphatic carboxylic acids is 1. The maximum Gasteiger partial charge on any atom is 0.331 e. The molecule has 0 aliphatic carbocycles. The third-order valence-corrected chi connectivity index (χ3v) is 4.55. The Labute approximate surface area is 157 Å². The van der Waals surface area contributed by atoms with E-state index in [0.29, 0.717) is 16.8 Å². The van der Waals surface area contributed by atoms with Crippen molar-refractivity contribution in [3.8, 4) is 0 Å². The lowest BCUT2D eigenvalue weighted by molar-refractivity contribution is -0.142. The van der Waals surface area contributed by atoms with Gasteiger partial charge in [-0.15, -0.1) is 0 Å². The number of carboxylic acid groups (broad SMARTS) is 1. The molecule has 0 fully saturated rings. The van der Waals surface area contributed by atoms with Crippen molar-refractivity contribution in [1.82, 2.24) is 14.9 Å². The number of carbonyl (C=O) groups is 2. The number of benzene rings is 1. The van der Waals surface area contributed by atoms with E-state index >= 15 is 0 Å². The molecule has 0 bridgehead atoms. The fourth-order valence-electron chi connectivity index (χ4n) is 3.36. The molecule has 27 heavy (non-hydrogen) atoms. The maximum absolute atomic E-state index is 13.3. The normalized spacial score (nSPS) is 12.0. The minimum absolute atomic E-state index is 0.369. The first-order valence-corrected chi connectivity index (χ1v) is 8.58. The maximum atomic E-state index is 13.3. The first kappa shape index (κ1) is 18.5. The number of amides is 1. The van der Waals surface area contributed by atoms with Gasteiger partial charge in [-0.2, -0.15) is 0 Å². The molecule has 3 aromatic rings. The lowest BCUT2D eigenvalue weighted by Gasteiger charge is -2.25. The van der Waals surface area contributed by atoms with Crippen LogP contribution in [0.1, 0.15) is 38.8 Å². The summed E-state index contributed by atoms with van der Waals surface area (Å²) < 4.78 is 0. The number of carboxylic acids is 1. The van der Waals surface area contributed by atoms with Crippen LogP contribution in [0.2, 0.25) is 0 Å². The molecule has 6 nitrogen and oxygen atoms in total. The Morgan fingerprint density at radius 1 is 1.15 bits per heavy atom. The van der Waals surface area contributed by atoms with Gasteiger partial charge in [-0.25, -0.2) is 4.79 Å². The number of nitrogens with zero attached hydrogens (tertiary/aromatic N) is 3. The van der Waals surface area contributed by atoms with Crippen molar-refractivity contribution in [2.75, 3.05) is 7.05 Å². The molecule has 3 rings (SSSR count). The van der Waals surface area contributed by atoms with Gasteiger partial charge < -0.3 is 10.0 Å². The van der Waals surface area contributed by atoms with E-state index in [1.54, 1.807) is 24.4 Å². The van der Waals surface area contributed by atoms with Crippen LogP contribution in [0.15, 0.2) is 42.7 Å². The van der Waals surface area contributed by atoms with Crippen LogP contribution < -0.4 is 0 Å². The van der Waals surface area contributed by atoms with Gasteiger partial charge >= 0.3 is 5.97 Å². The van der Waals surface area contributed by atoms with Crippen molar-refractivity contribution >= 4 is 22.8 Å². The molecular formula is C21H21N3O3. The van der Waals surface area contributed by atoms with Crippen LogP contribution in [0, 0.1) is 20.8 Å². The highest BCUT2D eigenvalue weighted by Crippen LogP contribution is 2.27. The van der Waals surface area contributed by atoms with Crippen LogP contribution >= 0.6 is 0 Å². The second kappa shape index (κ2) is 7.15. The largest absolute Gasteiger partial charge is 0.479 e. The van der Waals surface area contributed by atoms with Gasteiger partial charge in [0.15, 0.2) is 6.04 Å². The van der Waals surface area contributed by atoms with Gasteiger partial charge in [-0.05, 0) is 44.5 Å². The zero-order valence-corrected chi connectivity index (χ0v) is 15.7.